The van der Waals surface area contributed by atoms with E-state index in [1.54, 1.807) is 36.9 Å². The van der Waals surface area contributed by atoms with E-state index in [2.05, 4.69) is 10.1 Å². The number of fused-ring (bicyclic) bond motifs is 1. The summed E-state index contributed by atoms with van der Waals surface area (Å²) in [5.74, 6) is -0.0734. The fourth-order valence-electron chi connectivity index (χ4n) is 3.93. The van der Waals surface area contributed by atoms with E-state index < -0.39 is 12.1 Å². The number of benzene rings is 1. The van der Waals surface area contributed by atoms with Crippen molar-refractivity contribution in [1.82, 2.24) is 19.2 Å². The van der Waals surface area contributed by atoms with E-state index >= 15 is 0 Å². The summed E-state index contributed by atoms with van der Waals surface area (Å²) in [5.41, 5.74) is 3.40. The number of hydrogen-bond acceptors (Lipinski definition) is 6. The standard InChI is InChI=1S/C26H28N4O4/c1-5-11-22(26(32)33-6-2)34-21-14-10-15-29-24(21)27-18(4)23(25(29)31)20-16-17(3)30(28-20)19-12-8-7-9-13-19/h7-10,12-16,22H,5-6,11H2,1-4H3. The molecule has 0 spiro atoms. The molecular formula is C26H28N4O4. The third-order valence-electron chi connectivity index (χ3n) is 5.51. The summed E-state index contributed by atoms with van der Waals surface area (Å²) in [4.78, 5) is 30.6. The van der Waals surface area contributed by atoms with Crippen LogP contribution in [0.4, 0.5) is 0 Å². The molecule has 3 aromatic heterocycles. The number of para-hydroxylation sites is 1. The SMILES string of the molecule is CCCC(Oc1cccn2c(=O)c(-c3cc(C)n(-c4ccccc4)n3)c(C)nc12)C(=O)OCC. The zero-order valence-corrected chi connectivity index (χ0v) is 19.8. The lowest BCUT2D eigenvalue weighted by molar-refractivity contribution is -0.151. The number of aryl methyl sites for hydroxylation is 2. The smallest absolute Gasteiger partial charge is 0.347 e. The molecule has 0 saturated carbocycles. The lowest BCUT2D eigenvalue weighted by Crippen LogP contribution is -2.30. The highest BCUT2D eigenvalue weighted by atomic mass is 16.6. The zero-order valence-electron chi connectivity index (χ0n) is 19.8. The second-order valence-electron chi connectivity index (χ2n) is 8.01. The molecule has 1 atom stereocenters. The van der Waals surface area contributed by atoms with Gasteiger partial charge in [-0.2, -0.15) is 5.10 Å². The molecule has 3 heterocycles. The van der Waals surface area contributed by atoms with E-state index in [0.29, 0.717) is 34.8 Å². The summed E-state index contributed by atoms with van der Waals surface area (Å²) in [6.07, 6.45) is 2.11. The molecule has 0 radical (unpaired) electrons. The Morgan fingerprint density at radius 2 is 1.85 bits per heavy atom. The average molecular weight is 461 g/mol. The summed E-state index contributed by atoms with van der Waals surface area (Å²) in [7, 11) is 0. The molecule has 0 saturated heterocycles. The Kier molecular flexibility index (Phi) is 6.77. The molecule has 4 aromatic rings. The molecule has 0 aliphatic heterocycles. The van der Waals surface area contributed by atoms with Gasteiger partial charge in [0.05, 0.1) is 23.6 Å². The maximum absolute atomic E-state index is 13.5. The molecule has 0 aliphatic rings. The lowest BCUT2D eigenvalue weighted by Gasteiger charge is -2.18. The zero-order chi connectivity index (χ0) is 24.2. The van der Waals surface area contributed by atoms with Crippen molar-refractivity contribution < 1.29 is 14.3 Å². The molecule has 0 bridgehead atoms. The summed E-state index contributed by atoms with van der Waals surface area (Å²) < 4.78 is 14.4. The van der Waals surface area contributed by atoms with Crippen LogP contribution in [0, 0.1) is 13.8 Å². The number of carbonyl (C=O) groups is 1. The predicted molar refractivity (Wildman–Crippen MR) is 129 cm³/mol. The van der Waals surface area contributed by atoms with Crippen molar-refractivity contribution in [1.29, 1.82) is 0 Å². The lowest BCUT2D eigenvalue weighted by atomic mass is 10.1. The average Bonchev–Trinajstić information content (AvgIpc) is 3.21. The second kappa shape index (κ2) is 9.91. The van der Waals surface area contributed by atoms with Crippen molar-refractivity contribution in [2.75, 3.05) is 6.61 Å². The van der Waals surface area contributed by atoms with Crippen LogP contribution in [0.1, 0.15) is 38.1 Å². The van der Waals surface area contributed by atoms with Gasteiger partial charge in [0.15, 0.2) is 17.5 Å². The Bertz CT molecular complexity index is 1380. The molecule has 0 aliphatic carbocycles. The highest BCUT2D eigenvalue weighted by molar-refractivity contribution is 5.75. The molecule has 0 fully saturated rings. The van der Waals surface area contributed by atoms with E-state index in [1.807, 2.05) is 50.2 Å². The molecular weight excluding hydrogens is 432 g/mol. The van der Waals surface area contributed by atoms with Crippen molar-refractivity contribution >= 4 is 11.6 Å². The first-order valence-corrected chi connectivity index (χ1v) is 11.4. The van der Waals surface area contributed by atoms with Gasteiger partial charge in [-0.3, -0.25) is 9.20 Å². The summed E-state index contributed by atoms with van der Waals surface area (Å²) >= 11 is 0. The summed E-state index contributed by atoms with van der Waals surface area (Å²) in [6.45, 7) is 7.71. The summed E-state index contributed by atoms with van der Waals surface area (Å²) in [6, 6.07) is 15.0. The van der Waals surface area contributed by atoms with Gasteiger partial charge in [-0.15, -0.1) is 0 Å². The van der Waals surface area contributed by atoms with Crippen LogP contribution in [-0.4, -0.2) is 37.8 Å². The van der Waals surface area contributed by atoms with Crippen LogP contribution in [0.2, 0.25) is 0 Å². The van der Waals surface area contributed by atoms with Gasteiger partial charge < -0.3 is 9.47 Å². The highest BCUT2D eigenvalue weighted by Gasteiger charge is 2.24. The van der Waals surface area contributed by atoms with E-state index in [-0.39, 0.29) is 12.2 Å². The highest BCUT2D eigenvalue weighted by Crippen LogP contribution is 2.25. The minimum absolute atomic E-state index is 0.256. The quantitative estimate of drug-likeness (QED) is 0.365. The third-order valence-corrected chi connectivity index (χ3v) is 5.51. The first-order valence-electron chi connectivity index (χ1n) is 11.4. The largest absolute Gasteiger partial charge is 0.475 e. The molecule has 1 unspecified atom stereocenters. The Hall–Kier alpha value is -3.94. The molecule has 34 heavy (non-hydrogen) atoms. The summed E-state index contributed by atoms with van der Waals surface area (Å²) in [5, 5.41) is 4.69. The molecule has 0 N–H and O–H groups in total. The van der Waals surface area contributed by atoms with Crippen LogP contribution < -0.4 is 10.3 Å². The number of rotatable bonds is 8. The molecule has 1 aromatic carbocycles. The number of ether oxygens (including phenoxy) is 2. The maximum atomic E-state index is 13.5. The van der Waals surface area contributed by atoms with Gasteiger partial charge in [-0.05, 0) is 57.5 Å². The molecule has 8 nitrogen and oxygen atoms in total. The third kappa shape index (κ3) is 4.44. The number of esters is 1. The Morgan fingerprint density at radius 3 is 2.56 bits per heavy atom. The minimum atomic E-state index is -0.766. The van der Waals surface area contributed by atoms with Crippen molar-refractivity contribution in [2.24, 2.45) is 0 Å². The van der Waals surface area contributed by atoms with E-state index in [9.17, 15) is 9.59 Å². The van der Waals surface area contributed by atoms with Crippen molar-refractivity contribution in [2.45, 2.75) is 46.6 Å². The normalized spacial score (nSPS) is 12.0. The van der Waals surface area contributed by atoms with Gasteiger partial charge in [-0.25, -0.2) is 14.5 Å². The van der Waals surface area contributed by atoms with Gasteiger partial charge >= 0.3 is 5.97 Å². The van der Waals surface area contributed by atoms with Crippen LogP contribution in [0.25, 0.3) is 22.6 Å². The van der Waals surface area contributed by atoms with Gasteiger partial charge in [0.25, 0.3) is 5.56 Å². The molecule has 4 rings (SSSR count). The Morgan fingerprint density at radius 1 is 1.09 bits per heavy atom. The molecule has 8 heteroatoms. The fraction of sp³-hybridized carbons (Fsp3) is 0.308. The van der Waals surface area contributed by atoms with Gasteiger partial charge in [-0.1, -0.05) is 31.5 Å². The van der Waals surface area contributed by atoms with Crippen LogP contribution in [0.3, 0.4) is 0 Å². The maximum Gasteiger partial charge on any atom is 0.347 e. The van der Waals surface area contributed by atoms with Crippen LogP contribution in [0.5, 0.6) is 5.75 Å². The van der Waals surface area contributed by atoms with E-state index in [1.165, 1.54) is 4.40 Å². The van der Waals surface area contributed by atoms with Crippen LogP contribution in [-0.2, 0) is 9.53 Å². The van der Waals surface area contributed by atoms with Gasteiger partial charge in [0.1, 0.15) is 5.69 Å². The van der Waals surface area contributed by atoms with Gasteiger partial charge in [0.2, 0.25) is 0 Å². The number of hydrogen-bond donors (Lipinski definition) is 0. The first-order chi connectivity index (χ1) is 16.4. The van der Waals surface area contributed by atoms with Crippen molar-refractivity contribution in [3.8, 4) is 22.7 Å². The Balaban J connectivity index is 1.78. The number of aromatic nitrogens is 4. The van der Waals surface area contributed by atoms with Gasteiger partial charge in [0, 0.05) is 11.9 Å². The van der Waals surface area contributed by atoms with Crippen molar-refractivity contribution in [3.63, 3.8) is 0 Å². The number of pyridine rings is 1. The Labute approximate surface area is 197 Å². The van der Waals surface area contributed by atoms with E-state index in [4.69, 9.17) is 9.47 Å². The second-order valence-corrected chi connectivity index (χ2v) is 8.01. The predicted octanol–water partition coefficient (Wildman–Crippen LogP) is 4.27. The fourth-order valence-corrected chi connectivity index (χ4v) is 3.93. The number of nitrogens with zero attached hydrogens (tertiary/aromatic N) is 4. The van der Waals surface area contributed by atoms with E-state index in [0.717, 1.165) is 17.8 Å². The first kappa shape index (κ1) is 23.2. The molecule has 176 valence electrons. The molecule has 0 amide bonds. The van der Waals surface area contributed by atoms with Crippen molar-refractivity contribution in [3.05, 3.63) is 76.5 Å². The topological polar surface area (TPSA) is 87.7 Å². The number of carbonyl (C=O) groups excluding carboxylic acids is 1. The minimum Gasteiger partial charge on any atom is -0.475 e. The monoisotopic (exact) mass is 460 g/mol. The van der Waals surface area contributed by atoms with Crippen LogP contribution >= 0.6 is 0 Å². The van der Waals surface area contributed by atoms with Crippen LogP contribution in [0.15, 0.2) is 59.5 Å².